The van der Waals surface area contributed by atoms with E-state index in [1.165, 1.54) is 18.2 Å². The van der Waals surface area contributed by atoms with E-state index in [1.54, 1.807) is 24.3 Å². The van der Waals surface area contributed by atoms with Gasteiger partial charge >= 0.3 is 0 Å². The summed E-state index contributed by atoms with van der Waals surface area (Å²) in [5, 5.41) is 0. The molecule has 3 aromatic rings. The first-order chi connectivity index (χ1) is 9.29. The van der Waals surface area contributed by atoms with Gasteiger partial charge in [0.25, 0.3) is 0 Å². The van der Waals surface area contributed by atoms with E-state index >= 15 is 0 Å². The standard InChI is InChI=1S/C12H8FO.C5H5.Fe/c13-11-8-4-7-10(11)12(14)9-5-2-1-3-6-9;1-2-4-5-3-1;/h1-8H;1-5H;/q-1;-5;. The van der Waals surface area contributed by atoms with Gasteiger partial charge in [-0.1, -0.05) is 35.9 Å². The summed E-state index contributed by atoms with van der Waals surface area (Å²) in [6, 6.07) is 23.0. The fourth-order valence-electron chi connectivity index (χ4n) is 1.65. The summed E-state index contributed by atoms with van der Waals surface area (Å²) >= 11 is 0. The first-order valence-corrected chi connectivity index (χ1v) is 5.96. The van der Waals surface area contributed by atoms with Gasteiger partial charge in [-0.05, 0) is 5.56 Å². The van der Waals surface area contributed by atoms with Crippen LogP contribution in [0.2, 0.25) is 0 Å². The molecule has 0 aliphatic rings. The Bertz CT molecular complexity index is 594. The van der Waals surface area contributed by atoms with E-state index in [0.29, 0.717) is 5.56 Å². The molecule has 0 aromatic heterocycles. The summed E-state index contributed by atoms with van der Waals surface area (Å²) in [5.74, 6) is -0.730. The predicted molar refractivity (Wildman–Crippen MR) is 73.9 cm³/mol. The number of rotatable bonds is 2. The van der Waals surface area contributed by atoms with Gasteiger partial charge in [-0.2, -0.15) is 6.07 Å². The van der Waals surface area contributed by atoms with E-state index in [0.717, 1.165) is 0 Å². The van der Waals surface area contributed by atoms with Gasteiger partial charge in [0.15, 0.2) is 0 Å². The van der Waals surface area contributed by atoms with Gasteiger partial charge in [-0.3, -0.25) is 0 Å². The van der Waals surface area contributed by atoms with E-state index in [4.69, 9.17) is 0 Å². The molecular weight excluding hydrogens is 295 g/mol. The van der Waals surface area contributed by atoms with Crippen LogP contribution >= 0.6 is 0 Å². The van der Waals surface area contributed by atoms with Crippen LogP contribution in [0.5, 0.6) is 0 Å². The van der Waals surface area contributed by atoms with Gasteiger partial charge < -0.3 is 35.1 Å². The molecule has 0 amide bonds. The molecule has 0 unspecified atom stereocenters. The maximum atomic E-state index is 13.1. The summed E-state index contributed by atoms with van der Waals surface area (Å²) < 4.78 is 13.1. The molecule has 1 nitrogen and oxygen atoms in total. The van der Waals surface area contributed by atoms with Crippen molar-refractivity contribution >= 4 is 5.78 Å². The zero-order chi connectivity index (χ0) is 13.5. The van der Waals surface area contributed by atoms with Gasteiger partial charge in [-0.25, -0.2) is 4.39 Å². The molecule has 3 aromatic carbocycles. The second-order valence-corrected chi connectivity index (χ2v) is 3.94. The molecule has 20 heavy (non-hydrogen) atoms. The summed E-state index contributed by atoms with van der Waals surface area (Å²) in [7, 11) is 0. The van der Waals surface area contributed by atoms with Gasteiger partial charge in [-0.15, -0.1) is 12.1 Å². The van der Waals surface area contributed by atoms with Crippen LogP contribution in [0.3, 0.4) is 0 Å². The molecule has 0 bridgehead atoms. The molecule has 0 heterocycles. The SMILES string of the molecule is O=C(c1ccccc1)[c-]1cccc1F.[Fe].[cH-]1[cH-][cH-][cH-][cH-]1. The van der Waals surface area contributed by atoms with Crippen LogP contribution < -0.4 is 0 Å². The van der Waals surface area contributed by atoms with Crippen LogP contribution in [0.4, 0.5) is 4.39 Å². The van der Waals surface area contributed by atoms with E-state index in [9.17, 15) is 9.18 Å². The third-order valence-electron chi connectivity index (χ3n) is 2.60. The molecule has 0 fully saturated rings. The van der Waals surface area contributed by atoms with Crippen molar-refractivity contribution < 1.29 is 26.3 Å². The number of ketones is 1. The number of carbonyl (C=O) groups excluding carboxylic acids is 1. The van der Waals surface area contributed by atoms with Crippen LogP contribution in [-0.2, 0) is 17.1 Å². The van der Waals surface area contributed by atoms with E-state index < -0.39 is 5.82 Å². The number of hydrogen-bond donors (Lipinski definition) is 0. The Labute approximate surface area is 128 Å². The van der Waals surface area contributed by atoms with Crippen molar-refractivity contribution in [3.05, 3.63) is 95.8 Å². The van der Waals surface area contributed by atoms with E-state index in [1.807, 2.05) is 36.4 Å². The van der Waals surface area contributed by atoms with Gasteiger partial charge in [0.2, 0.25) is 0 Å². The molecule has 0 aliphatic carbocycles. The summed E-state index contributed by atoms with van der Waals surface area (Å²) in [4.78, 5) is 11.7. The van der Waals surface area contributed by atoms with Crippen molar-refractivity contribution in [2.45, 2.75) is 0 Å². The van der Waals surface area contributed by atoms with Crippen molar-refractivity contribution in [2.75, 3.05) is 0 Å². The number of halogens is 1. The number of hydrogen-bond acceptors (Lipinski definition) is 1. The fraction of sp³-hybridized carbons (Fsp3) is 0. The Kier molecular flexibility index (Phi) is 6.65. The van der Waals surface area contributed by atoms with Crippen LogP contribution in [0.15, 0.2) is 78.9 Å². The summed E-state index contributed by atoms with van der Waals surface area (Å²) in [5.41, 5.74) is 0.647. The Hall–Kier alpha value is -1.96. The molecule has 3 rings (SSSR count). The third kappa shape index (κ3) is 4.30. The average Bonchev–Trinajstić information content (AvgIpc) is 3.13. The zero-order valence-electron chi connectivity index (χ0n) is 10.6. The number of benzene rings is 1. The Morgan fingerprint density at radius 3 is 1.90 bits per heavy atom. The first-order valence-electron chi connectivity index (χ1n) is 5.96. The van der Waals surface area contributed by atoms with Gasteiger partial charge in [0.05, 0.1) is 0 Å². The first kappa shape index (κ1) is 16.1. The molecule has 3 heteroatoms. The zero-order valence-corrected chi connectivity index (χ0v) is 11.7. The monoisotopic (exact) mass is 308 g/mol. The summed E-state index contributed by atoms with van der Waals surface area (Å²) in [6.07, 6.45) is 0. The molecule has 0 saturated carbocycles. The molecule has 0 saturated heterocycles. The van der Waals surface area contributed by atoms with E-state index in [2.05, 4.69) is 0 Å². The van der Waals surface area contributed by atoms with Crippen molar-refractivity contribution in [1.29, 1.82) is 0 Å². The molecule has 0 radical (unpaired) electrons. The van der Waals surface area contributed by atoms with Crippen LogP contribution in [-0.4, -0.2) is 5.78 Å². The van der Waals surface area contributed by atoms with Crippen LogP contribution in [0.25, 0.3) is 0 Å². The minimum atomic E-state index is -0.459. The van der Waals surface area contributed by atoms with Crippen molar-refractivity contribution in [1.82, 2.24) is 0 Å². The predicted octanol–water partition coefficient (Wildman–Crippen LogP) is 4.18. The topological polar surface area (TPSA) is 17.1 Å². The molecule has 0 atom stereocenters. The van der Waals surface area contributed by atoms with Crippen molar-refractivity contribution in [2.24, 2.45) is 0 Å². The van der Waals surface area contributed by atoms with Crippen molar-refractivity contribution in [3.63, 3.8) is 0 Å². The molecule has 0 aliphatic heterocycles. The van der Waals surface area contributed by atoms with E-state index in [-0.39, 0.29) is 28.4 Å². The second kappa shape index (κ2) is 8.26. The van der Waals surface area contributed by atoms with Crippen LogP contribution in [0.1, 0.15) is 15.9 Å². The average molecular weight is 308 g/mol. The number of carbonyl (C=O) groups is 1. The minimum absolute atomic E-state index is 0. The quantitative estimate of drug-likeness (QED) is 0.394. The van der Waals surface area contributed by atoms with Gasteiger partial charge in [0, 0.05) is 22.9 Å². The third-order valence-corrected chi connectivity index (χ3v) is 2.60. The normalized spacial score (nSPS) is 9.05. The Morgan fingerprint density at radius 1 is 0.900 bits per heavy atom. The van der Waals surface area contributed by atoms with Gasteiger partial charge in [0.1, 0.15) is 5.78 Å². The van der Waals surface area contributed by atoms with Crippen molar-refractivity contribution in [3.8, 4) is 0 Å². The maximum absolute atomic E-state index is 13.1. The Balaban J connectivity index is 0.000000283. The molecule has 108 valence electrons. The fourth-order valence-corrected chi connectivity index (χ4v) is 1.65. The summed E-state index contributed by atoms with van der Waals surface area (Å²) in [6.45, 7) is 0. The molecule has 0 N–H and O–H groups in total. The maximum Gasteiger partial charge on any atom is 0.115 e. The molecule has 0 spiro atoms. The smallest absolute Gasteiger partial charge is 0.115 e. The largest absolute Gasteiger partial charge is 0.748 e. The second-order valence-electron chi connectivity index (χ2n) is 3.94. The molecular formula is C17H13FFeO-6. The van der Waals surface area contributed by atoms with Crippen LogP contribution in [0, 0.1) is 5.82 Å². The minimum Gasteiger partial charge on any atom is -0.748 e. The Morgan fingerprint density at radius 2 is 1.45 bits per heavy atom.